The molecule has 2 rings (SSSR count). The third-order valence-corrected chi connectivity index (χ3v) is 4.13. The maximum absolute atomic E-state index is 13.1. The molecule has 0 amide bonds. The average Bonchev–Trinajstić information content (AvgIpc) is 2.96. The molecule has 21 heavy (non-hydrogen) atoms. The molecular formula is C16H18F3NS. The number of halogens is 3. The predicted octanol–water partition coefficient (Wildman–Crippen LogP) is 5.05. The van der Waals surface area contributed by atoms with Crippen molar-refractivity contribution in [3.05, 3.63) is 57.8 Å². The van der Waals surface area contributed by atoms with Crippen LogP contribution in [0.1, 0.15) is 36.1 Å². The van der Waals surface area contributed by atoms with Crippen molar-refractivity contribution < 1.29 is 13.2 Å². The Morgan fingerprint density at radius 1 is 1.19 bits per heavy atom. The van der Waals surface area contributed by atoms with Gasteiger partial charge in [-0.1, -0.05) is 25.1 Å². The van der Waals surface area contributed by atoms with E-state index in [4.69, 9.17) is 0 Å². The van der Waals surface area contributed by atoms with E-state index in [1.807, 2.05) is 23.8 Å². The van der Waals surface area contributed by atoms with Crippen molar-refractivity contribution in [3.63, 3.8) is 0 Å². The first-order valence-electron chi connectivity index (χ1n) is 6.93. The van der Waals surface area contributed by atoms with E-state index in [0.29, 0.717) is 18.5 Å². The third-order valence-electron chi connectivity index (χ3n) is 3.39. The van der Waals surface area contributed by atoms with Crippen molar-refractivity contribution in [3.8, 4) is 0 Å². The van der Waals surface area contributed by atoms with Gasteiger partial charge in [-0.2, -0.15) is 24.5 Å². The van der Waals surface area contributed by atoms with Crippen molar-refractivity contribution in [2.75, 3.05) is 6.54 Å². The highest BCUT2D eigenvalue weighted by Crippen LogP contribution is 2.35. The Hall–Kier alpha value is -1.33. The second-order valence-corrected chi connectivity index (χ2v) is 5.65. The van der Waals surface area contributed by atoms with Crippen molar-refractivity contribution >= 4 is 11.3 Å². The molecule has 1 aromatic carbocycles. The van der Waals surface area contributed by atoms with Gasteiger partial charge in [0.25, 0.3) is 0 Å². The Balaban J connectivity index is 2.21. The summed E-state index contributed by atoms with van der Waals surface area (Å²) >= 11 is 1.61. The molecule has 0 aliphatic rings. The number of thiophene rings is 1. The maximum atomic E-state index is 13.1. The molecule has 5 heteroatoms. The summed E-state index contributed by atoms with van der Waals surface area (Å²) in [6.45, 7) is 2.55. The fourth-order valence-corrected chi connectivity index (χ4v) is 3.12. The zero-order chi connectivity index (χ0) is 15.3. The van der Waals surface area contributed by atoms with Gasteiger partial charge in [-0.25, -0.2) is 0 Å². The Labute approximate surface area is 126 Å². The molecule has 0 spiro atoms. The lowest BCUT2D eigenvalue weighted by molar-refractivity contribution is -0.138. The minimum absolute atomic E-state index is 0.285. The SMILES string of the molecule is CCNC(CCc1ccsc1)c1ccccc1C(F)(F)F. The Morgan fingerprint density at radius 2 is 1.95 bits per heavy atom. The van der Waals surface area contributed by atoms with Crippen LogP contribution in [0.15, 0.2) is 41.1 Å². The standard InChI is InChI=1S/C16H18F3NS/c1-2-20-15(8-7-12-9-10-21-11-12)13-5-3-4-6-14(13)16(17,18)19/h3-6,9-11,15,20H,2,7-8H2,1H3. The van der Waals surface area contributed by atoms with Crippen molar-refractivity contribution in [2.24, 2.45) is 0 Å². The van der Waals surface area contributed by atoms with E-state index in [1.54, 1.807) is 23.5 Å². The number of aryl methyl sites for hydroxylation is 1. The summed E-state index contributed by atoms with van der Waals surface area (Å²) in [6.07, 6.45) is -2.89. The average molecular weight is 313 g/mol. The van der Waals surface area contributed by atoms with Crippen LogP contribution >= 0.6 is 11.3 Å². The van der Waals surface area contributed by atoms with Gasteiger partial charge in [0.15, 0.2) is 0 Å². The van der Waals surface area contributed by atoms with E-state index in [9.17, 15) is 13.2 Å². The van der Waals surface area contributed by atoms with Gasteiger partial charge in [-0.05, 0) is 53.4 Å². The first kappa shape index (κ1) is 16.0. The van der Waals surface area contributed by atoms with E-state index < -0.39 is 11.7 Å². The molecule has 0 aliphatic heterocycles. The maximum Gasteiger partial charge on any atom is 0.416 e. The number of hydrogen-bond donors (Lipinski definition) is 1. The monoisotopic (exact) mass is 313 g/mol. The molecule has 1 heterocycles. The molecular weight excluding hydrogens is 295 g/mol. The molecule has 1 aromatic heterocycles. The van der Waals surface area contributed by atoms with Gasteiger partial charge in [0.1, 0.15) is 0 Å². The molecule has 0 saturated heterocycles. The van der Waals surface area contributed by atoms with E-state index in [2.05, 4.69) is 5.32 Å². The van der Waals surface area contributed by atoms with E-state index >= 15 is 0 Å². The van der Waals surface area contributed by atoms with Gasteiger partial charge in [0, 0.05) is 6.04 Å². The lowest BCUT2D eigenvalue weighted by Gasteiger charge is -2.22. The van der Waals surface area contributed by atoms with Crippen LogP contribution in [0.3, 0.4) is 0 Å². The van der Waals surface area contributed by atoms with Crippen LogP contribution in [0, 0.1) is 0 Å². The Kier molecular flexibility index (Phi) is 5.42. The molecule has 0 bridgehead atoms. The minimum atomic E-state index is -4.31. The molecule has 1 N–H and O–H groups in total. The zero-order valence-electron chi connectivity index (χ0n) is 11.8. The highest BCUT2D eigenvalue weighted by molar-refractivity contribution is 7.07. The Bertz CT molecular complexity index is 549. The van der Waals surface area contributed by atoms with Crippen LogP contribution < -0.4 is 5.32 Å². The van der Waals surface area contributed by atoms with E-state index in [0.717, 1.165) is 12.5 Å². The normalized spacial score (nSPS) is 13.3. The summed E-state index contributed by atoms with van der Waals surface area (Å²) < 4.78 is 39.4. The number of rotatable bonds is 6. The lowest BCUT2D eigenvalue weighted by Crippen LogP contribution is -2.24. The smallest absolute Gasteiger partial charge is 0.310 e. The molecule has 114 valence electrons. The first-order chi connectivity index (χ1) is 10.0. The summed E-state index contributed by atoms with van der Waals surface area (Å²) in [5, 5.41) is 7.20. The summed E-state index contributed by atoms with van der Waals surface area (Å²) in [6, 6.07) is 7.57. The molecule has 0 saturated carbocycles. The summed E-state index contributed by atoms with van der Waals surface area (Å²) in [5.74, 6) is 0. The summed E-state index contributed by atoms with van der Waals surface area (Å²) in [4.78, 5) is 0. The highest BCUT2D eigenvalue weighted by Gasteiger charge is 2.34. The van der Waals surface area contributed by atoms with Crippen LogP contribution in [0.5, 0.6) is 0 Å². The molecule has 1 atom stereocenters. The van der Waals surface area contributed by atoms with Crippen molar-refractivity contribution in [1.29, 1.82) is 0 Å². The van der Waals surface area contributed by atoms with Gasteiger partial charge < -0.3 is 5.32 Å². The largest absolute Gasteiger partial charge is 0.416 e. The van der Waals surface area contributed by atoms with Crippen LogP contribution in [0.25, 0.3) is 0 Å². The number of alkyl halides is 3. The van der Waals surface area contributed by atoms with Gasteiger partial charge in [0.2, 0.25) is 0 Å². The zero-order valence-corrected chi connectivity index (χ0v) is 12.6. The van der Waals surface area contributed by atoms with Gasteiger partial charge >= 0.3 is 6.18 Å². The fourth-order valence-electron chi connectivity index (χ4n) is 2.42. The summed E-state index contributed by atoms with van der Waals surface area (Å²) in [7, 11) is 0. The van der Waals surface area contributed by atoms with Crippen LogP contribution in [-0.4, -0.2) is 6.54 Å². The minimum Gasteiger partial charge on any atom is -0.310 e. The second kappa shape index (κ2) is 7.09. The molecule has 1 nitrogen and oxygen atoms in total. The molecule has 0 aliphatic carbocycles. The van der Waals surface area contributed by atoms with E-state index in [-0.39, 0.29) is 6.04 Å². The Morgan fingerprint density at radius 3 is 2.57 bits per heavy atom. The number of nitrogens with one attached hydrogen (secondary N) is 1. The molecule has 2 aromatic rings. The van der Waals surface area contributed by atoms with Crippen LogP contribution in [-0.2, 0) is 12.6 Å². The van der Waals surface area contributed by atoms with Crippen LogP contribution in [0.4, 0.5) is 13.2 Å². The molecule has 0 radical (unpaired) electrons. The summed E-state index contributed by atoms with van der Waals surface area (Å²) in [5.41, 5.74) is 0.968. The lowest BCUT2D eigenvalue weighted by atomic mass is 9.95. The predicted molar refractivity (Wildman–Crippen MR) is 80.5 cm³/mol. The molecule has 0 fully saturated rings. The van der Waals surface area contributed by atoms with Gasteiger partial charge in [0.05, 0.1) is 5.56 Å². The second-order valence-electron chi connectivity index (χ2n) is 4.87. The van der Waals surface area contributed by atoms with E-state index in [1.165, 1.54) is 11.6 Å². The quantitative estimate of drug-likeness (QED) is 0.787. The van der Waals surface area contributed by atoms with Crippen molar-refractivity contribution in [2.45, 2.75) is 32.0 Å². The first-order valence-corrected chi connectivity index (χ1v) is 7.87. The number of benzene rings is 1. The number of hydrogen-bond acceptors (Lipinski definition) is 2. The topological polar surface area (TPSA) is 12.0 Å². The fraction of sp³-hybridized carbons (Fsp3) is 0.375. The van der Waals surface area contributed by atoms with Crippen molar-refractivity contribution in [1.82, 2.24) is 5.32 Å². The van der Waals surface area contributed by atoms with Gasteiger partial charge in [-0.3, -0.25) is 0 Å². The van der Waals surface area contributed by atoms with Crippen LogP contribution in [0.2, 0.25) is 0 Å². The van der Waals surface area contributed by atoms with Gasteiger partial charge in [-0.15, -0.1) is 0 Å². The third kappa shape index (κ3) is 4.32. The highest BCUT2D eigenvalue weighted by atomic mass is 32.1. The molecule has 1 unspecified atom stereocenters.